The van der Waals surface area contributed by atoms with Crippen LogP contribution in [0.3, 0.4) is 0 Å². The van der Waals surface area contributed by atoms with Crippen molar-refractivity contribution in [3.63, 3.8) is 0 Å². The number of nitrogens with zero attached hydrogens (tertiary/aromatic N) is 2. The Morgan fingerprint density at radius 1 is 1.55 bits per heavy atom. The van der Waals surface area contributed by atoms with Crippen LogP contribution in [0, 0.1) is 21.4 Å². The zero-order valence-corrected chi connectivity index (χ0v) is 13.2. The van der Waals surface area contributed by atoms with E-state index in [0.29, 0.717) is 15.8 Å². The molecule has 1 unspecified atom stereocenters. The minimum Gasteiger partial charge on any atom is -0.388 e. The predicted octanol–water partition coefficient (Wildman–Crippen LogP) is 3.58. The fraction of sp³-hybridized carbons (Fsp3) is 0.714. The Morgan fingerprint density at radius 2 is 2.20 bits per heavy atom. The van der Waals surface area contributed by atoms with Crippen LogP contribution in [0.4, 0.5) is 10.7 Å². The van der Waals surface area contributed by atoms with Crippen LogP contribution >= 0.6 is 11.3 Å². The van der Waals surface area contributed by atoms with Gasteiger partial charge in [0.1, 0.15) is 0 Å². The maximum absolute atomic E-state index is 11.2. The Hall–Kier alpha value is -1.14. The molecule has 0 amide bonds. The third kappa shape index (κ3) is 2.96. The highest BCUT2D eigenvalue weighted by molar-refractivity contribution is 7.16. The van der Waals surface area contributed by atoms with E-state index < -0.39 is 6.10 Å². The van der Waals surface area contributed by atoms with Crippen LogP contribution in [0.2, 0.25) is 0 Å². The van der Waals surface area contributed by atoms with Crippen molar-refractivity contribution in [3.05, 3.63) is 21.1 Å². The van der Waals surface area contributed by atoms with Gasteiger partial charge in [0.2, 0.25) is 0 Å². The summed E-state index contributed by atoms with van der Waals surface area (Å²) in [6, 6.07) is 1.51. The highest BCUT2D eigenvalue weighted by Gasteiger charge is 2.35. The molecule has 1 aliphatic rings. The Morgan fingerprint density at radius 3 is 2.65 bits per heavy atom. The summed E-state index contributed by atoms with van der Waals surface area (Å²) < 4.78 is 0. The second-order valence-electron chi connectivity index (χ2n) is 6.57. The van der Waals surface area contributed by atoms with Crippen molar-refractivity contribution in [1.29, 1.82) is 0 Å². The molecule has 20 heavy (non-hydrogen) atoms. The summed E-state index contributed by atoms with van der Waals surface area (Å²) in [4.78, 5) is 13.6. The largest absolute Gasteiger partial charge is 0.388 e. The number of rotatable bonds is 3. The van der Waals surface area contributed by atoms with Crippen molar-refractivity contribution in [2.24, 2.45) is 11.3 Å². The van der Waals surface area contributed by atoms with Gasteiger partial charge in [-0.05, 0) is 24.7 Å². The number of aliphatic hydroxyl groups is 1. The van der Waals surface area contributed by atoms with E-state index in [4.69, 9.17) is 0 Å². The Balaban J connectivity index is 2.27. The average molecular weight is 298 g/mol. The molecule has 1 aromatic heterocycles. The van der Waals surface area contributed by atoms with Crippen molar-refractivity contribution in [3.8, 4) is 0 Å². The van der Waals surface area contributed by atoms with Crippen LogP contribution < -0.4 is 4.90 Å². The van der Waals surface area contributed by atoms with E-state index in [9.17, 15) is 15.2 Å². The summed E-state index contributed by atoms with van der Waals surface area (Å²) in [5.74, 6) is 0.541. The first-order valence-corrected chi connectivity index (χ1v) is 7.73. The first-order valence-electron chi connectivity index (χ1n) is 6.91. The molecule has 0 spiro atoms. The number of thiophene rings is 1. The fourth-order valence-corrected chi connectivity index (χ4v) is 3.70. The van der Waals surface area contributed by atoms with E-state index in [0.717, 1.165) is 19.5 Å². The lowest BCUT2D eigenvalue weighted by atomic mass is 9.80. The lowest BCUT2D eigenvalue weighted by molar-refractivity contribution is -0.383. The molecule has 2 rings (SSSR count). The van der Waals surface area contributed by atoms with Gasteiger partial charge in [0.15, 0.2) is 5.00 Å². The summed E-state index contributed by atoms with van der Waals surface area (Å²) in [7, 11) is 0. The topological polar surface area (TPSA) is 66.6 Å². The maximum Gasteiger partial charge on any atom is 0.304 e. The minimum absolute atomic E-state index is 0.125. The van der Waals surface area contributed by atoms with Gasteiger partial charge in [-0.1, -0.05) is 20.8 Å². The Bertz CT molecular complexity index is 505. The number of hydrogen-bond donors (Lipinski definition) is 1. The molecule has 0 aromatic carbocycles. The van der Waals surface area contributed by atoms with Gasteiger partial charge in [0, 0.05) is 24.0 Å². The van der Waals surface area contributed by atoms with Gasteiger partial charge in [-0.25, -0.2) is 0 Å². The molecule has 1 fully saturated rings. The van der Waals surface area contributed by atoms with E-state index in [1.54, 1.807) is 6.92 Å². The summed E-state index contributed by atoms with van der Waals surface area (Å²) in [5, 5.41) is 21.5. The second kappa shape index (κ2) is 5.33. The van der Waals surface area contributed by atoms with Crippen LogP contribution in [0.25, 0.3) is 0 Å². The highest BCUT2D eigenvalue weighted by atomic mass is 32.1. The average Bonchev–Trinajstić information content (AvgIpc) is 2.94. The standard InChI is InChI=1S/C14H22N2O3S/c1-9(17)12-7-11(16(18)19)13(20-12)15-6-5-10(8-15)14(2,3)4/h7,9-10,17H,5-6,8H2,1-4H3/t9-,10?/m0/s1. The Kier molecular flexibility index (Phi) is 4.07. The first kappa shape index (κ1) is 15.3. The molecular weight excluding hydrogens is 276 g/mol. The number of nitro groups is 1. The normalized spacial score (nSPS) is 21.2. The summed E-state index contributed by atoms with van der Waals surface area (Å²) in [6.07, 6.45) is 0.399. The van der Waals surface area contributed by atoms with E-state index in [1.165, 1.54) is 17.4 Å². The van der Waals surface area contributed by atoms with Gasteiger partial charge >= 0.3 is 5.69 Å². The molecule has 6 heteroatoms. The zero-order chi connectivity index (χ0) is 15.1. The number of hydrogen-bond acceptors (Lipinski definition) is 5. The fourth-order valence-electron chi connectivity index (χ4n) is 2.60. The molecular formula is C14H22N2O3S. The van der Waals surface area contributed by atoms with E-state index in [1.807, 2.05) is 0 Å². The van der Waals surface area contributed by atoms with Gasteiger partial charge in [-0.3, -0.25) is 10.1 Å². The molecule has 1 saturated heterocycles. The van der Waals surface area contributed by atoms with Crippen molar-refractivity contribution in [2.75, 3.05) is 18.0 Å². The lowest BCUT2D eigenvalue weighted by Gasteiger charge is -2.27. The monoisotopic (exact) mass is 298 g/mol. The van der Waals surface area contributed by atoms with Crippen LogP contribution in [0.5, 0.6) is 0 Å². The summed E-state index contributed by atoms with van der Waals surface area (Å²) in [5.41, 5.74) is 0.342. The molecule has 1 N–H and O–H groups in total. The van der Waals surface area contributed by atoms with Crippen molar-refractivity contribution < 1.29 is 10.0 Å². The molecule has 112 valence electrons. The molecule has 0 saturated carbocycles. The van der Waals surface area contributed by atoms with E-state index in [2.05, 4.69) is 25.7 Å². The molecule has 2 atom stereocenters. The molecule has 0 radical (unpaired) electrons. The minimum atomic E-state index is -0.659. The SMILES string of the molecule is C[C@H](O)c1cc([N+](=O)[O-])c(N2CCC(C(C)(C)C)C2)s1. The molecule has 1 aromatic rings. The third-order valence-electron chi connectivity index (χ3n) is 4.02. The van der Waals surface area contributed by atoms with Gasteiger partial charge in [-0.15, -0.1) is 11.3 Å². The molecule has 0 bridgehead atoms. The molecule has 5 nitrogen and oxygen atoms in total. The maximum atomic E-state index is 11.2. The Labute approximate surface area is 123 Å². The van der Waals surface area contributed by atoms with Crippen LogP contribution in [-0.4, -0.2) is 23.1 Å². The van der Waals surface area contributed by atoms with Crippen molar-refractivity contribution in [1.82, 2.24) is 0 Å². The smallest absolute Gasteiger partial charge is 0.304 e. The number of anilines is 1. The zero-order valence-electron chi connectivity index (χ0n) is 12.4. The van der Waals surface area contributed by atoms with Gasteiger partial charge in [0.05, 0.1) is 11.0 Å². The van der Waals surface area contributed by atoms with Gasteiger partial charge in [-0.2, -0.15) is 0 Å². The van der Waals surface area contributed by atoms with Crippen LogP contribution in [0.1, 0.15) is 45.1 Å². The van der Waals surface area contributed by atoms with Crippen LogP contribution in [-0.2, 0) is 0 Å². The molecule has 0 aliphatic carbocycles. The summed E-state index contributed by atoms with van der Waals surface area (Å²) in [6.45, 7) is 9.98. The van der Waals surface area contributed by atoms with Crippen LogP contribution in [0.15, 0.2) is 6.07 Å². The molecule has 2 heterocycles. The highest BCUT2D eigenvalue weighted by Crippen LogP contribution is 2.44. The van der Waals surface area contributed by atoms with Crippen molar-refractivity contribution >= 4 is 22.0 Å². The predicted molar refractivity (Wildman–Crippen MR) is 81.4 cm³/mol. The van der Waals surface area contributed by atoms with Crippen molar-refractivity contribution in [2.45, 2.75) is 40.2 Å². The summed E-state index contributed by atoms with van der Waals surface area (Å²) >= 11 is 1.34. The van der Waals surface area contributed by atoms with Gasteiger partial charge in [0.25, 0.3) is 0 Å². The van der Waals surface area contributed by atoms with E-state index in [-0.39, 0.29) is 16.0 Å². The number of aliphatic hydroxyl groups excluding tert-OH is 1. The third-order valence-corrected chi connectivity index (χ3v) is 5.38. The lowest BCUT2D eigenvalue weighted by Crippen LogP contribution is -2.25. The van der Waals surface area contributed by atoms with Gasteiger partial charge < -0.3 is 10.0 Å². The van der Waals surface area contributed by atoms with E-state index >= 15 is 0 Å². The first-order chi connectivity index (χ1) is 9.20. The second-order valence-corrected chi connectivity index (χ2v) is 7.63. The molecule has 1 aliphatic heterocycles. The quantitative estimate of drug-likeness (QED) is 0.684.